The standard InChI is InChI=1S/C13H13N3OS/c1-7-8(2)14-12-11(10-5-4-6-18-10)9(3)15-16(12)13(7)17/h4-6,15H,1-3H3. The molecule has 0 atom stereocenters. The Balaban J connectivity index is 2.48. The highest BCUT2D eigenvalue weighted by Gasteiger charge is 2.16. The third-order valence-electron chi connectivity index (χ3n) is 3.20. The lowest BCUT2D eigenvalue weighted by molar-refractivity contribution is 0.859. The number of fused-ring (bicyclic) bond motifs is 1. The SMILES string of the molecule is Cc1nc2c(-c3cccs3)c(C)[nH]n2c(=O)c1C. The summed E-state index contributed by atoms with van der Waals surface area (Å²) in [5.74, 6) is 0. The van der Waals surface area contributed by atoms with E-state index in [1.165, 1.54) is 4.52 Å². The van der Waals surface area contributed by atoms with Gasteiger partial charge >= 0.3 is 0 Å². The average Bonchev–Trinajstić information content (AvgIpc) is 2.94. The van der Waals surface area contributed by atoms with Crippen molar-refractivity contribution in [2.45, 2.75) is 20.8 Å². The third kappa shape index (κ3) is 1.44. The molecule has 18 heavy (non-hydrogen) atoms. The van der Waals surface area contributed by atoms with Gasteiger partial charge in [0.1, 0.15) is 0 Å². The van der Waals surface area contributed by atoms with Crippen LogP contribution in [-0.2, 0) is 0 Å². The maximum absolute atomic E-state index is 12.2. The summed E-state index contributed by atoms with van der Waals surface area (Å²) < 4.78 is 1.53. The lowest BCUT2D eigenvalue weighted by Gasteiger charge is -2.00. The summed E-state index contributed by atoms with van der Waals surface area (Å²) >= 11 is 1.65. The molecule has 0 fully saturated rings. The molecule has 0 saturated heterocycles. The molecule has 3 aromatic heterocycles. The first-order valence-electron chi connectivity index (χ1n) is 5.72. The summed E-state index contributed by atoms with van der Waals surface area (Å²) in [7, 11) is 0. The number of nitrogens with one attached hydrogen (secondary N) is 1. The van der Waals surface area contributed by atoms with Gasteiger partial charge in [0, 0.05) is 21.8 Å². The summed E-state index contributed by atoms with van der Waals surface area (Å²) in [4.78, 5) is 17.9. The lowest BCUT2D eigenvalue weighted by atomic mass is 10.2. The number of hydrogen-bond acceptors (Lipinski definition) is 3. The third-order valence-corrected chi connectivity index (χ3v) is 4.09. The summed E-state index contributed by atoms with van der Waals surface area (Å²) in [5, 5.41) is 5.13. The van der Waals surface area contributed by atoms with Crippen LogP contribution in [0.2, 0.25) is 0 Å². The molecule has 0 aromatic carbocycles. The van der Waals surface area contributed by atoms with Crippen molar-refractivity contribution in [1.29, 1.82) is 0 Å². The number of nitrogens with zero attached hydrogens (tertiary/aromatic N) is 2. The molecule has 0 saturated carbocycles. The van der Waals surface area contributed by atoms with Crippen LogP contribution in [0.5, 0.6) is 0 Å². The Morgan fingerprint density at radius 1 is 1.33 bits per heavy atom. The maximum Gasteiger partial charge on any atom is 0.275 e. The predicted molar refractivity (Wildman–Crippen MR) is 73.3 cm³/mol. The van der Waals surface area contributed by atoms with Crippen molar-refractivity contribution in [2.75, 3.05) is 0 Å². The molecule has 0 amide bonds. The van der Waals surface area contributed by atoms with Crippen LogP contribution in [0.25, 0.3) is 16.1 Å². The molecule has 0 spiro atoms. The molecule has 0 aliphatic carbocycles. The van der Waals surface area contributed by atoms with Crippen molar-refractivity contribution in [1.82, 2.24) is 14.6 Å². The Kier molecular flexibility index (Phi) is 2.38. The highest BCUT2D eigenvalue weighted by Crippen LogP contribution is 2.30. The van der Waals surface area contributed by atoms with Gasteiger partial charge in [-0.05, 0) is 32.2 Å². The van der Waals surface area contributed by atoms with Crippen LogP contribution < -0.4 is 5.56 Å². The average molecular weight is 259 g/mol. The quantitative estimate of drug-likeness (QED) is 0.730. The van der Waals surface area contributed by atoms with E-state index in [1.807, 2.05) is 31.4 Å². The monoisotopic (exact) mass is 259 g/mol. The summed E-state index contributed by atoms with van der Waals surface area (Å²) in [6.45, 7) is 5.64. The van der Waals surface area contributed by atoms with Crippen molar-refractivity contribution in [3.05, 3.63) is 44.8 Å². The number of aromatic nitrogens is 3. The van der Waals surface area contributed by atoms with E-state index < -0.39 is 0 Å². The van der Waals surface area contributed by atoms with Crippen LogP contribution in [0, 0.1) is 20.8 Å². The number of aromatic amines is 1. The van der Waals surface area contributed by atoms with Crippen LogP contribution >= 0.6 is 11.3 Å². The largest absolute Gasteiger partial charge is 0.293 e. The zero-order valence-electron chi connectivity index (χ0n) is 10.4. The fraction of sp³-hybridized carbons (Fsp3) is 0.231. The minimum absolute atomic E-state index is 0.0246. The second-order valence-corrected chi connectivity index (χ2v) is 5.32. The van der Waals surface area contributed by atoms with Gasteiger partial charge in [0.2, 0.25) is 0 Å². The van der Waals surface area contributed by atoms with E-state index in [0.29, 0.717) is 11.2 Å². The van der Waals surface area contributed by atoms with Crippen LogP contribution in [0.3, 0.4) is 0 Å². The van der Waals surface area contributed by atoms with Crippen molar-refractivity contribution in [3.63, 3.8) is 0 Å². The molecule has 0 radical (unpaired) electrons. The Labute approximate surface area is 108 Å². The lowest BCUT2D eigenvalue weighted by Crippen LogP contribution is -2.19. The second-order valence-electron chi connectivity index (χ2n) is 4.38. The van der Waals surface area contributed by atoms with Gasteiger partial charge in [-0.15, -0.1) is 11.3 Å². The predicted octanol–water partition coefficient (Wildman–Crippen LogP) is 2.68. The summed E-state index contributed by atoms with van der Waals surface area (Å²) in [6.07, 6.45) is 0. The normalized spacial score (nSPS) is 11.3. The van der Waals surface area contributed by atoms with E-state index in [0.717, 1.165) is 21.8 Å². The van der Waals surface area contributed by atoms with Crippen LogP contribution in [0.4, 0.5) is 0 Å². The minimum atomic E-state index is -0.0246. The van der Waals surface area contributed by atoms with Crippen molar-refractivity contribution in [2.24, 2.45) is 0 Å². The van der Waals surface area contributed by atoms with Gasteiger partial charge in [0.15, 0.2) is 5.65 Å². The van der Waals surface area contributed by atoms with Crippen molar-refractivity contribution >= 4 is 17.0 Å². The van der Waals surface area contributed by atoms with E-state index in [1.54, 1.807) is 18.3 Å². The van der Waals surface area contributed by atoms with Gasteiger partial charge in [0.05, 0.1) is 5.56 Å². The smallest absolute Gasteiger partial charge is 0.275 e. The Morgan fingerprint density at radius 2 is 2.11 bits per heavy atom. The summed E-state index contributed by atoms with van der Waals surface area (Å²) in [5.41, 5.74) is 4.15. The Hall–Kier alpha value is -1.88. The second kappa shape index (κ2) is 3.81. The van der Waals surface area contributed by atoms with E-state index in [-0.39, 0.29) is 5.56 Å². The molecule has 0 aliphatic heterocycles. The van der Waals surface area contributed by atoms with E-state index in [4.69, 9.17) is 0 Å². The fourth-order valence-corrected chi connectivity index (χ4v) is 2.91. The fourth-order valence-electron chi connectivity index (χ4n) is 2.09. The van der Waals surface area contributed by atoms with Gasteiger partial charge in [-0.2, -0.15) is 0 Å². The number of aryl methyl sites for hydroxylation is 2. The van der Waals surface area contributed by atoms with Gasteiger partial charge in [-0.1, -0.05) is 6.07 Å². The van der Waals surface area contributed by atoms with E-state index >= 15 is 0 Å². The molecule has 3 heterocycles. The molecule has 0 bridgehead atoms. The van der Waals surface area contributed by atoms with Crippen LogP contribution in [0.15, 0.2) is 22.3 Å². The molecule has 0 aliphatic rings. The first-order chi connectivity index (χ1) is 8.59. The topological polar surface area (TPSA) is 50.2 Å². The molecule has 5 heteroatoms. The molecule has 3 aromatic rings. The minimum Gasteiger partial charge on any atom is -0.293 e. The molecular formula is C13H13N3OS. The number of thiophene rings is 1. The van der Waals surface area contributed by atoms with E-state index in [2.05, 4.69) is 10.1 Å². The molecule has 1 N–H and O–H groups in total. The molecule has 3 rings (SSSR count). The van der Waals surface area contributed by atoms with Crippen LogP contribution in [-0.4, -0.2) is 14.6 Å². The first kappa shape index (κ1) is 11.2. The van der Waals surface area contributed by atoms with Crippen LogP contribution in [0.1, 0.15) is 17.0 Å². The number of hydrogen-bond donors (Lipinski definition) is 1. The van der Waals surface area contributed by atoms with Gasteiger partial charge < -0.3 is 0 Å². The van der Waals surface area contributed by atoms with Gasteiger partial charge in [0.25, 0.3) is 5.56 Å². The Morgan fingerprint density at radius 3 is 2.78 bits per heavy atom. The summed E-state index contributed by atoms with van der Waals surface area (Å²) in [6, 6.07) is 4.05. The highest BCUT2D eigenvalue weighted by molar-refractivity contribution is 7.13. The van der Waals surface area contributed by atoms with E-state index in [9.17, 15) is 4.79 Å². The van der Waals surface area contributed by atoms with Gasteiger partial charge in [-0.3, -0.25) is 9.89 Å². The van der Waals surface area contributed by atoms with Crippen molar-refractivity contribution < 1.29 is 0 Å². The maximum atomic E-state index is 12.2. The zero-order valence-corrected chi connectivity index (χ0v) is 11.3. The molecule has 0 unspecified atom stereocenters. The van der Waals surface area contributed by atoms with Gasteiger partial charge in [-0.25, -0.2) is 9.50 Å². The zero-order chi connectivity index (χ0) is 12.9. The van der Waals surface area contributed by atoms with Crippen molar-refractivity contribution in [3.8, 4) is 10.4 Å². The molecular weight excluding hydrogens is 246 g/mol. The number of rotatable bonds is 1. The Bertz CT molecular complexity index is 781. The molecule has 4 nitrogen and oxygen atoms in total. The number of H-pyrrole nitrogens is 1. The highest BCUT2D eigenvalue weighted by atomic mass is 32.1. The molecule has 92 valence electrons. The first-order valence-corrected chi connectivity index (χ1v) is 6.60.